The van der Waals surface area contributed by atoms with Crippen LogP contribution in [0.3, 0.4) is 0 Å². The molecule has 0 spiro atoms. The van der Waals surface area contributed by atoms with E-state index >= 15 is 0 Å². The van der Waals surface area contributed by atoms with E-state index in [0.29, 0.717) is 24.3 Å². The number of carbonyl (C=O) groups excluding carboxylic acids is 1. The molecule has 0 heterocycles. The molecule has 0 aliphatic rings. The number of rotatable bonds is 7. The second-order valence-corrected chi connectivity index (χ2v) is 4.18. The molecule has 1 unspecified atom stereocenters. The van der Waals surface area contributed by atoms with Gasteiger partial charge in [-0.2, -0.15) is 5.26 Å². The number of benzene rings is 1. The average Bonchev–Trinajstić information content (AvgIpc) is 2.44. The van der Waals surface area contributed by atoms with Gasteiger partial charge in [0.05, 0.1) is 11.6 Å². The van der Waals surface area contributed by atoms with Gasteiger partial charge in [-0.25, -0.2) is 0 Å². The van der Waals surface area contributed by atoms with E-state index in [0.717, 1.165) is 0 Å². The summed E-state index contributed by atoms with van der Waals surface area (Å²) >= 11 is 0. The van der Waals surface area contributed by atoms with Crippen molar-refractivity contribution >= 4 is 11.9 Å². The first-order valence-corrected chi connectivity index (χ1v) is 6.19. The quantitative estimate of drug-likeness (QED) is 0.731. The molecule has 0 aromatic heterocycles. The Bertz CT molecular complexity index is 505. The number of carbonyl (C=O) groups is 2. The number of carboxylic acids is 1. The lowest BCUT2D eigenvalue weighted by molar-refractivity contribution is -0.137. The van der Waals surface area contributed by atoms with Crippen molar-refractivity contribution in [1.29, 1.82) is 5.26 Å². The van der Waals surface area contributed by atoms with Gasteiger partial charge < -0.3 is 15.2 Å². The molecule has 1 rings (SSSR count). The molecule has 2 N–H and O–H groups in total. The minimum atomic E-state index is -0.888. The minimum Gasteiger partial charge on any atom is -0.481 e. The molecule has 0 aliphatic carbocycles. The molecular formula is C14H16N2O4. The second-order valence-electron chi connectivity index (χ2n) is 4.18. The Morgan fingerprint density at radius 2 is 2.05 bits per heavy atom. The summed E-state index contributed by atoms with van der Waals surface area (Å²) < 4.78 is 5.42. The van der Waals surface area contributed by atoms with Crippen LogP contribution in [0.5, 0.6) is 5.75 Å². The van der Waals surface area contributed by atoms with E-state index in [9.17, 15) is 9.59 Å². The van der Waals surface area contributed by atoms with E-state index in [1.54, 1.807) is 31.2 Å². The highest BCUT2D eigenvalue weighted by Crippen LogP contribution is 2.13. The maximum atomic E-state index is 11.7. The first kappa shape index (κ1) is 15.5. The van der Waals surface area contributed by atoms with Gasteiger partial charge in [-0.3, -0.25) is 9.59 Å². The summed E-state index contributed by atoms with van der Waals surface area (Å²) in [6, 6.07) is 8.43. The fraction of sp³-hybridized carbons (Fsp3) is 0.357. The Labute approximate surface area is 117 Å². The molecule has 1 amide bonds. The fourth-order valence-corrected chi connectivity index (χ4v) is 1.46. The Morgan fingerprint density at radius 1 is 1.40 bits per heavy atom. The zero-order valence-corrected chi connectivity index (χ0v) is 11.1. The summed E-state index contributed by atoms with van der Waals surface area (Å²) in [5.74, 6) is -0.696. The molecule has 6 nitrogen and oxygen atoms in total. The van der Waals surface area contributed by atoms with Crippen LogP contribution < -0.4 is 10.1 Å². The van der Waals surface area contributed by atoms with E-state index in [1.165, 1.54) is 0 Å². The van der Waals surface area contributed by atoms with Crippen LogP contribution >= 0.6 is 0 Å². The molecule has 0 saturated carbocycles. The summed E-state index contributed by atoms with van der Waals surface area (Å²) in [5.41, 5.74) is 0.517. The Balaban J connectivity index is 2.37. The lowest BCUT2D eigenvalue weighted by Crippen LogP contribution is -2.36. The highest BCUT2D eigenvalue weighted by molar-refractivity contribution is 5.80. The van der Waals surface area contributed by atoms with Gasteiger partial charge in [0.25, 0.3) is 5.91 Å². The third-order valence-electron chi connectivity index (χ3n) is 2.53. The van der Waals surface area contributed by atoms with Gasteiger partial charge in [-0.1, -0.05) is 0 Å². The lowest BCUT2D eigenvalue weighted by atomic mass is 10.2. The van der Waals surface area contributed by atoms with Gasteiger partial charge in [0, 0.05) is 13.0 Å². The van der Waals surface area contributed by atoms with Crippen LogP contribution in [0.1, 0.15) is 25.3 Å². The van der Waals surface area contributed by atoms with Crippen molar-refractivity contribution in [3.63, 3.8) is 0 Å². The third kappa shape index (κ3) is 5.40. The molecule has 106 valence electrons. The minimum absolute atomic E-state index is 0.0190. The summed E-state index contributed by atoms with van der Waals surface area (Å²) in [4.78, 5) is 22.0. The Morgan fingerprint density at radius 3 is 2.60 bits per heavy atom. The van der Waals surface area contributed by atoms with E-state index in [2.05, 4.69) is 5.32 Å². The summed E-state index contributed by atoms with van der Waals surface area (Å²) in [6.45, 7) is 1.90. The molecule has 0 radical (unpaired) electrons. The van der Waals surface area contributed by atoms with Crippen LogP contribution in [0.25, 0.3) is 0 Å². The molecule has 1 aromatic rings. The number of carboxylic acid groups (broad SMARTS) is 1. The number of nitrogens with one attached hydrogen (secondary N) is 1. The van der Waals surface area contributed by atoms with Gasteiger partial charge in [0.1, 0.15) is 5.75 Å². The topological polar surface area (TPSA) is 99.4 Å². The number of hydrogen-bond acceptors (Lipinski definition) is 4. The molecule has 1 aromatic carbocycles. The number of hydrogen-bond donors (Lipinski definition) is 2. The lowest BCUT2D eigenvalue weighted by Gasteiger charge is -2.14. The van der Waals surface area contributed by atoms with Gasteiger partial charge in [-0.15, -0.1) is 0 Å². The van der Waals surface area contributed by atoms with Gasteiger partial charge in [0.15, 0.2) is 6.10 Å². The van der Waals surface area contributed by atoms with Crippen molar-refractivity contribution in [2.24, 2.45) is 0 Å². The van der Waals surface area contributed by atoms with Crippen molar-refractivity contribution in [3.8, 4) is 11.8 Å². The first-order valence-electron chi connectivity index (χ1n) is 6.19. The Kier molecular flexibility index (Phi) is 6.04. The monoisotopic (exact) mass is 276 g/mol. The molecule has 1 atom stereocenters. The Hall–Kier alpha value is -2.55. The molecule has 0 saturated heterocycles. The third-order valence-corrected chi connectivity index (χ3v) is 2.53. The predicted molar refractivity (Wildman–Crippen MR) is 71.1 cm³/mol. The molecule has 0 bridgehead atoms. The van der Waals surface area contributed by atoms with Crippen LogP contribution in [0.2, 0.25) is 0 Å². The SMILES string of the molecule is CC(Oc1ccc(C#N)cc1)C(=O)NCCCC(=O)O. The van der Waals surface area contributed by atoms with E-state index in [-0.39, 0.29) is 12.3 Å². The smallest absolute Gasteiger partial charge is 0.303 e. The normalized spacial score (nSPS) is 11.2. The van der Waals surface area contributed by atoms with E-state index in [1.807, 2.05) is 6.07 Å². The second kappa shape index (κ2) is 7.79. The highest BCUT2D eigenvalue weighted by atomic mass is 16.5. The van der Waals surface area contributed by atoms with Crippen molar-refractivity contribution in [3.05, 3.63) is 29.8 Å². The average molecular weight is 276 g/mol. The number of ether oxygens (including phenoxy) is 1. The number of nitriles is 1. The van der Waals surface area contributed by atoms with Gasteiger partial charge in [0.2, 0.25) is 0 Å². The standard InChI is InChI=1S/C14H16N2O4/c1-10(14(19)16-8-2-3-13(17)18)20-12-6-4-11(9-15)5-7-12/h4-7,10H,2-3,8H2,1H3,(H,16,19)(H,17,18). The largest absolute Gasteiger partial charge is 0.481 e. The number of nitrogens with zero attached hydrogens (tertiary/aromatic N) is 1. The van der Waals surface area contributed by atoms with Crippen LogP contribution in [-0.2, 0) is 9.59 Å². The molecule has 6 heteroatoms. The van der Waals surface area contributed by atoms with Crippen LogP contribution in [0.15, 0.2) is 24.3 Å². The zero-order valence-electron chi connectivity index (χ0n) is 11.1. The predicted octanol–water partition coefficient (Wildman–Crippen LogP) is 1.31. The van der Waals surface area contributed by atoms with E-state index < -0.39 is 12.1 Å². The van der Waals surface area contributed by atoms with Gasteiger partial charge >= 0.3 is 5.97 Å². The zero-order chi connectivity index (χ0) is 15.0. The summed E-state index contributed by atoms with van der Waals surface area (Å²) in [6.07, 6.45) is -0.289. The molecular weight excluding hydrogens is 260 g/mol. The molecule has 20 heavy (non-hydrogen) atoms. The van der Waals surface area contributed by atoms with Crippen LogP contribution in [-0.4, -0.2) is 29.6 Å². The summed E-state index contributed by atoms with van der Waals surface area (Å²) in [7, 11) is 0. The summed E-state index contributed by atoms with van der Waals surface area (Å²) in [5, 5.41) is 19.7. The molecule has 0 aliphatic heterocycles. The van der Waals surface area contributed by atoms with E-state index in [4.69, 9.17) is 15.1 Å². The fourth-order valence-electron chi connectivity index (χ4n) is 1.46. The van der Waals surface area contributed by atoms with Crippen LogP contribution in [0, 0.1) is 11.3 Å². The van der Waals surface area contributed by atoms with Crippen LogP contribution in [0.4, 0.5) is 0 Å². The number of amides is 1. The number of aliphatic carboxylic acids is 1. The maximum absolute atomic E-state index is 11.7. The van der Waals surface area contributed by atoms with Crippen molar-refractivity contribution in [1.82, 2.24) is 5.32 Å². The molecule has 0 fully saturated rings. The van der Waals surface area contributed by atoms with Gasteiger partial charge in [-0.05, 0) is 37.6 Å². The first-order chi connectivity index (χ1) is 9.52. The maximum Gasteiger partial charge on any atom is 0.303 e. The van der Waals surface area contributed by atoms with Crippen molar-refractivity contribution < 1.29 is 19.4 Å². The highest BCUT2D eigenvalue weighted by Gasteiger charge is 2.14. The van der Waals surface area contributed by atoms with Crippen molar-refractivity contribution in [2.45, 2.75) is 25.9 Å². The van der Waals surface area contributed by atoms with Crippen molar-refractivity contribution in [2.75, 3.05) is 6.54 Å².